The van der Waals surface area contributed by atoms with Crippen molar-refractivity contribution >= 4 is 32.7 Å². The van der Waals surface area contributed by atoms with Gasteiger partial charge in [-0.05, 0) is 30.3 Å². The molecule has 0 N–H and O–H groups in total. The lowest BCUT2D eigenvalue weighted by Gasteiger charge is -2.04. The van der Waals surface area contributed by atoms with Crippen molar-refractivity contribution in [3.8, 4) is 5.75 Å². The molecule has 0 atom stereocenters. The molecule has 0 fully saturated rings. The van der Waals surface area contributed by atoms with Gasteiger partial charge in [0, 0.05) is 15.4 Å². The second-order valence-electron chi connectivity index (χ2n) is 4.32. The average Bonchev–Trinajstić information content (AvgIpc) is 2.91. The monoisotopic (exact) mass is 330 g/mol. The largest absolute Gasteiger partial charge is 0.497 e. The molecule has 0 bridgehead atoms. The quantitative estimate of drug-likeness (QED) is 0.666. The lowest BCUT2D eigenvalue weighted by atomic mass is 10.1. The van der Waals surface area contributed by atoms with Gasteiger partial charge in [0.2, 0.25) is 5.78 Å². The first-order valence-electron chi connectivity index (χ1n) is 6.06. The van der Waals surface area contributed by atoms with Gasteiger partial charge in [-0.15, -0.1) is 0 Å². The molecule has 0 spiro atoms. The molecule has 0 saturated heterocycles. The number of benzene rings is 2. The standard InChI is InChI=1S/C16H11BrO3/c1-19-11-6-7-13(17)12(9-11)16(18)15-8-10-4-2-3-5-14(10)20-15/h2-9H,1H3. The molecule has 0 unspecified atom stereocenters. The van der Waals surface area contributed by atoms with E-state index in [9.17, 15) is 4.79 Å². The number of hydrogen-bond donors (Lipinski definition) is 0. The van der Waals surface area contributed by atoms with E-state index in [4.69, 9.17) is 9.15 Å². The van der Waals surface area contributed by atoms with Gasteiger partial charge in [-0.1, -0.05) is 34.1 Å². The summed E-state index contributed by atoms with van der Waals surface area (Å²) in [6.45, 7) is 0. The summed E-state index contributed by atoms with van der Waals surface area (Å²) < 4.78 is 11.5. The normalized spacial score (nSPS) is 10.7. The number of ether oxygens (including phenoxy) is 1. The Hall–Kier alpha value is -2.07. The number of carbonyl (C=O) groups is 1. The summed E-state index contributed by atoms with van der Waals surface area (Å²) in [5, 5.41) is 0.912. The van der Waals surface area contributed by atoms with Crippen LogP contribution in [0.15, 0.2) is 57.4 Å². The molecule has 2 aromatic carbocycles. The molecule has 0 aliphatic heterocycles. The molecular formula is C16H11BrO3. The summed E-state index contributed by atoms with van der Waals surface area (Å²) in [5.74, 6) is 0.778. The molecule has 0 saturated carbocycles. The number of methoxy groups -OCH3 is 1. The van der Waals surface area contributed by atoms with Crippen molar-refractivity contribution in [1.29, 1.82) is 0 Å². The Morgan fingerprint density at radius 2 is 1.95 bits per heavy atom. The predicted molar refractivity (Wildman–Crippen MR) is 80.3 cm³/mol. The van der Waals surface area contributed by atoms with E-state index < -0.39 is 0 Å². The number of ketones is 1. The van der Waals surface area contributed by atoms with Crippen molar-refractivity contribution in [3.05, 3.63) is 64.3 Å². The predicted octanol–water partition coefficient (Wildman–Crippen LogP) is 4.43. The van der Waals surface area contributed by atoms with Crippen molar-refractivity contribution in [2.75, 3.05) is 7.11 Å². The van der Waals surface area contributed by atoms with Crippen LogP contribution in [0, 0.1) is 0 Å². The van der Waals surface area contributed by atoms with E-state index >= 15 is 0 Å². The van der Waals surface area contributed by atoms with Crippen LogP contribution in [0.3, 0.4) is 0 Å². The second kappa shape index (κ2) is 5.13. The summed E-state index contributed by atoms with van der Waals surface area (Å²) in [6.07, 6.45) is 0. The van der Waals surface area contributed by atoms with Crippen molar-refractivity contribution in [3.63, 3.8) is 0 Å². The highest BCUT2D eigenvalue weighted by molar-refractivity contribution is 9.10. The van der Waals surface area contributed by atoms with Gasteiger partial charge >= 0.3 is 0 Å². The Morgan fingerprint density at radius 3 is 2.70 bits per heavy atom. The van der Waals surface area contributed by atoms with Gasteiger partial charge < -0.3 is 9.15 Å². The van der Waals surface area contributed by atoms with E-state index in [2.05, 4.69) is 15.9 Å². The maximum atomic E-state index is 12.5. The molecule has 0 aliphatic rings. The Bertz CT molecular complexity index is 756. The maximum absolute atomic E-state index is 12.5. The molecule has 0 aliphatic carbocycles. The van der Waals surface area contributed by atoms with E-state index in [0.717, 1.165) is 5.39 Å². The Balaban J connectivity index is 2.07. The van der Waals surface area contributed by atoms with Gasteiger partial charge in [0.25, 0.3) is 0 Å². The first kappa shape index (κ1) is 12.9. The third kappa shape index (κ3) is 2.23. The van der Waals surface area contributed by atoms with Gasteiger partial charge in [-0.2, -0.15) is 0 Å². The number of fused-ring (bicyclic) bond motifs is 1. The second-order valence-corrected chi connectivity index (χ2v) is 5.18. The minimum Gasteiger partial charge on any atom is -0.497 e. The number of hydrogen-bond acceptors (Lipinski definition) is 3. The van der Waals surface area contributed by atoms with E-state index in [1.165, 1.54) is 0 Å². The Morgan fingerprint density at radius 1 is 1.15 bits per heavy atom. The lowest BCUT2D eigenvalue weighted by molar-refractivity contribution is 0.101. The zero-order chi connectivity index (χ0) is 14.1. The van der Waals surface area contributed by atoms with Crippen LogP contribution in [0.1, 0.15) is 16.1 Å². The van der Waals surface area contributed by atoms with Crippen LogP contribution in [-0.4, -0.2) is 12.9 Å². The van der Waals surface area contributed by atoms with Crippen LogP contribution in [0.25, 0.3) is 11.0 Å². The van der Waals surface area contributed by atoms with Crippen molar-refractivity contribution < 1.29 is 13.9 Å². The van der Waals surface area contributed by atoms with E-state index in [-0.39, 0.29) is 5.78 Å². The van der Waals surface area contributed by atoms with E-state index in [1.54, 1.807) is 31.4 Å². The number of furan rings is 1. The lowest BCUT2D eigenvalue weighted by Crippen LogP contribution is -2.01. The molecule has 3 nitrogen and oxygen atoms in total. The van der Waals surface area contributed by atoms with Gasteiger partial charge in [0.15, 0.2) is 5.76 Å². The van der Waals surface area contributed by atoms with Crippen LogP contribution >= 0.6 is 15.9 Å². The van der Waals surface area contributed by atoms with Crippen LogP contribution in [0.4, 0.5) is 0 Å². The molecule has 20 heavy (non-hydrogen) atoms. The first-order valence-corrected chi connectivity index (χ1v) is 6.85. The summed E-state index contributed by atoms with van der Waals surface area (Å²) in [4.78, 5) is 12.5. The van der Waals surface area contributed by atoms with Gasteiger partial charge in [0.05, 0.1) is 7.11 Å². The first-order chi connectivity index (χ1) is 9.69. The number of halogens is 1. The summed E-state index contributed by atoms with van der Waals surface area (Å²) in [7, 11) is 1.57. The van der Waals surface area contributed by atoms with E-state index in [1.807, 2.05) is 24.3 Å². The molecule has 1 heterocycles. The molecular weight excluding hydrogens is 320 g/mol. The minimum atomic E-state index is -0.174. The highest BCUT2D eigenvalue weighted by Gasteiger charge is 2.17. The number of para-hydroxylation sites is 1. The number of carbonyl (C=O) groups excluding carboxylic acids is 1. The highest BCUT2D eigenvalue weighted by Crippen LogP contribution is 2.27. The van der Waals surface area contributed by atoms with Crippen LogP contribution < -0.4 is 4.74 Å². The van der Waals surface area contributed by atoms with E-state index in [0.29, 0.717) is 27.1 Å². The Kier molecular flexibility index (Phi) is 3.32. The summed E-state index contributed by atoms with van der Waals surface area (Å²) >= 11 is 3.38. The summed E-state index contributed by atoms with van der Waals surface area (Å²) in [5.41, 5.74) is 1.22. The summed E-state index contributed by atoms with van der Waals surface area (Å²) in [6, 6.07) is 14.6. The van der Waals surface area contributed by atoms with Gasteiger partial charge in [-0.25, -0.2) is 0 Å². The fourth-order valence-electron chi connectivity index (χ4n) is 2.03. The average molecular weight is 331 g/mol. The zero-order valence-corrected chi connectivity index (χ0v) is 12.3. The highest BCUT2D eigenvalue weighted by atomic mass is 79.9. The van der Waals surface area contributed by atoms with Gasteiger partial charge in [0.1, 0.15) is 11.3 Å². The molecule has 0 radical (unpaired) electrons. The van der Waals surface area contributed by atoms with Crippen molar-refractivity contribution in [1.82, 2.24) is 0 Å². The van der Waals surface area contributed by atoms with Crippen molar-refractivity contribution in [2.45, 2.75) is 0 Å². The van der Waals surface area contributed by atoms with Gasteiger partial charge in [-0.3, -0.25) is 4.79 Å². The van der Waals surface area contributed by atoms with Crippen LogP contribution in [0.2, 0.25) is 0 Å². The molecule has 4 heteroatoms. The molecule has 100 valence electrons. The molecule has 0 amide bonds. The molecule has 3 aromatic rings. The maximum Gasteiger partial charge on any atom is 0.229 e. The fraction of sp³-hybridized carbons (Fsp3) is 0.0625. The van der Waals surface area contributed by atoms with Crippen LogP contribution in [0.5, 0.6) is 5.75 Å². The molecule has 1 aromatic heterocycles. The zero-order valence-electron chi connectivity index (χ0n) is 10.7. The van der Waals surface area contributed by atoms with Crippen molar-refractivity contribution in [2.24, 2.45) is 0 Å². The number of rotatable bonds is 3. The molecule has 3 rings (SSSR count). The fourth-order valence-corrected chi connectivity index (χ4v) is 2.46. The smallest absolute Gasteiger partial charge is 0.229 e. The topological polar surface area (TPSA) is 39.4 Å². The minimum absolute atomic E-state index is 0.174. The van der Waals surface area contributed by atoms with Crippen LogP contribution in [-0.2, 0) is 0 Å². The SMILES string of the molecule is COc1ccc(Br)c(C(=O)c2cc3ccccc3o2)c1. The third-order valence-electron chi connectivity index (χ3n) is 3.07. The Labute approximate surface area is 124 Å². The third-order valence-corrected chi connectivity index (χ3v) is 3.76.